The quantitative estimate of drug-likeness (QED) is 0.820. The molecule has 0 radical (unpaired) electrons. The van der Waals surface area contributed by atoms with Crippen LogP contribution in [0.4, 0.5) is 4.79 Å². The van der Waals surface area contributed by atoms with Crippen LogP contribution in [0.1, 0.15) is 19.8 Å². The van der Waals surface area contributed by atoms with Crippen LogP contribution in [-0.2, 0) is 11.3 Å². The largest absolute Gasteiger partial charge is 0.417 e. The fourth-order valence-corrected chi connectivity index (χ4v) is 1.50. The summed E-state index contributed by atoms with van der Waals surface area (Å²) in [4.78, 5) is 11.7. The summed E-state index contributed by atoms with van der Waals surface area (Å²) in [6, 6.07) is 8.70. The molecule has 5 heteroatoms. The number of rotatable bonds is 3. The maximum atomic E-state index is 11.4. The van der Waals surface area contributed by atoms with Crippen LogP contribution in [-0.4, -0.2) is 15.3 Å². The lowest BCUT2D eigenvalue weighted by molar-refractivity contribution is 0.206. The maximum absolute atomic E-state index is 11.4. The van der Waals surface area contributed by atoms with Gasteiger partial charge >= 0.3 is 6.09 Å². The summed E-state index contributed by atoms with van der Waals surface area (Å²) in [6.45, 7) is 1.93. The van der Waals surface area contributed by atoms with E-state index in [0.29, 0.717) is 17.2 Å². The second-order valence-electron chi connectivity index (χ2n) is 3.08. The van der Waals surface area contributed by atoms with Crippen LogP contribution in [0, 0.1) is 0 Å². The molecular weight excluding hydrogens is 226 g/mol. The molecule has 0 aliphatic carbocycles. The Balaban J connectivity index is 2.51. The molecule has 0 unspecified atom stereocenters. The summed E-state index contributed by atoms with van der Waals surface area (Å²) in [5.41, 5.74) is 0. The third-order valence-electron chi connectivity index (χ3n) is 1.77. The Kier molecular flexibility index (Phi) is 5.28. The molecule has 0 aliphatic heterocycles. The predicted molar refractivity (Wildman–Crippen MR) is 63.7 cm³/mol. The van der Waals surface area contributed by atoms with Crippen LogP contribution >= 0.6 is 0 Å². The van der Waals surface area contributed by atoms with Crippen molar-refractivity contribution in [2.24, 2.45) is 0 Å². The zero-order chi connectivity index (χ0) is 11.8. The van der Waals surface area contributed by atoms with Gasteiger partial charge in [-0.25, -0.2) is 9.00 Å². The van der Waals surface area contributed by atoms with Gasteiger partial charge in [0.1, 0.15) is 22.0 Å². The van der Waals surface area contributed by atoms with Gasteiger partial charge in [0.15, 0.2) is 0 Å². The molecule has 1 amide bonds. The Morgan fingerprint density at radius 3 is 2.62 bits per heavy atom. The number of para-hydroxylation sites is 1. The molecule has 4 nitrogen and oxygen atoms in total. The van der Waals surface area contributed by atoms with E-state index in [-0.39, 0.29) is 11.3 Å². The summed E-state index contributed by atoms with van der Waals surface area (Å²) in [6.07, 6.45) is 0.729. The van der Waals surface area contributed by atoms with Crippen molar-refractivity contribution in [3.8, 4) is 5.75 Å². The maximum Gasteiger partial charge on any atom is 0.417 e. The first kappa shape index (κ1) is 12.4. The summed E-state index contributed by atoms with van der Waals surface area (Å²) < 4.78 is 15.6. The number of amides is 1. The van der Waals surface area contributed by atoms with E-state index >= 15 is 0 Å². The molecule has 1 N–H and O–H groups in total. The van der Waals surface area contributed by atoms with E-state index in [0.717, 1.165) is 6.42 Å². The SMILES string of the molecule is CCCC(NC(=O)Oc1ccccc1)=S=O. The summed E-state index contributed by atoms with van der Waals surface area (Å²) >= 11 is 0.288. The highest BCUT2D eigenvalue weighted by molar-refractivity contribution is 7.66. The lowest BCUT2D eigenvalue weighted by atomic mass is 10.3. The molecule has 1 aromatic carbocycles. The van der Waals surface area contributed by atoms with E-state index in [1.807, 2.05) is 13.0 Å². The van der Waals surface area contributed by atoms with Gasteiger partial charge in [0.25, 0.3) is 0 Å². The zero-order valence-corrected chi connectivity index (χ0v) is 9.75. The van der Waals surface area contributed by atoms with Gasteiger partial charge in [-0.1, -0.05) is 25.1 Å². The van der Waals surface area contributed by atoms with Crippen LogP contribution in [0.2, 0.25) is 0 Å². The smallest absolute Gasteiger partial charge is 0.410 e. The van der Waals surface area contributed by atoms with Gasteiger partial charge in [-0.05, 0) is 18.6 Å². The third-order valence-corrected chi connectivity index (χ3v) is 2.28. The van der Waals surface area contributed by atoms with Crippen LogP contribution < -0.4 is 10.1 Å². The average molecular weight is 239 g/mol. The van der Waals surface area contributed by atoms with E-state index in [9.17, 15) is 9.00 Å². The molecule has 0 saturated heterocycles. The first-order valence-corrected chi connectivity index (χ1v) is 5.70. The second kappa shape index (κ2) is 6.79. The van der Waals surface area contributed by atoms with Gasteiger partial charge < -0.3 is 4.74 Å². The zero-order valence-electron chi connectivity index (χ0n) is 8.93. The van der Waals surface area contributed by atoms with Crippen molar-refractivity contribution in [1.29, 1.82) is 0 Å². The molecule has 86 valence electrons. The van der Waals surface area contributed by atoms with Crippen LogP contribution in [0.3, 0.4) is 0 Å². The molecule has 16 heavy (non-hydrogen) atoms. The van der Waals surface area contributed by atoms with Crippen molar-refractivity contribution in [3.63, 3.8) is 0 Å². The minimum atomic E-state index is -0.627. The van der Waals surface area contributed by atoms with Gasteiger partial charge in [0.05, 0.1) is 0 Å². The molecule has 1 rings (SSSR count). The average Bonchev–Trinajstić information content (AvgIpc) is 2.29. The number of carbonyl (C=O) groups excluding carboxylic acids is 1. The van der Waals surface area contributed by atoms with E-state index in [2.05, 4.69) is 5.32 Å². The lowest BCUT2D eigenvalue weighted by Crippen LogP contribution is -2.32. The minimum absolute atomic E-state index is 0.288. The van der Waals surface area contributed by atoms with E-state index in [1.54, 1.807) is 24.3 Å². The van der Waals surface area contributed by atoms with Crippen molar-refractivity contribution < 1.29 is 13.7 Å². The molecule has 0 atom stereocenters. The summed E-state index contributed by atoms with van der Waals surface area (Å²) in [5, 5.41) is 2.42. The summed E-state index contributed by atoms with van der Waals surface area (Å²) in [7, 11) is 0. The molecular formula is C11H13NO3S. The highest BCUT2D eigenvalue weighted by atomic mass is 32.1. The number of benzene rings is 1. The normalized spacial score (nSPS) is 9.31. The van der Waals surface area contributed by atoms with Crippen molar-refractivity contribution in [2.75, 3.05) is 0 Å². The minimum Gasteiger partial charge on any atom is -0.410 e. The summed E-state index contributed by atoms with van der Waals surface area (Å²) in [5.74, 6) is 0.451. The lowest BCUT2D eigenvalue weighted by Gasteiger charge is -2.05. The first-order chi connectivity index (χ1) is 7.76. The van der Waals surface area contributed by atoms with Gasteiger partial charge in [-0.2, -0.15) is 0 Å². The fourth-order valence-electron chi connectivity index (χ4n) is 1.09. The monoisotopic (exact) mass is 239 g/mol. The Morgan fingerprint density at radius 2 is 2.06 bits per heavy atom. The molecule has 0 saturated carbocycles. The third kappa shape index (κ3) is 4.27. The second-order valence-corrected chi connectivity index (χ2v) is 3.74. The van der Waals surface area contributed by atoms with Crippen LogP contribution in [0.15, 0.2) is 30.3 Å². The molecule has 0 bridgehead atoms. The number of ether oxygens (including phenoxy) is 1. The van der Waals surface area contributed by atoms with Crippen molar-refractivity contribution in [3.05, 3.63) is 30.3 Å². The van der Waals surface area contributed by atoms with Crippen LogP contribution in [0.5, 0.6) is 5.75 Å². The fraction of sp³-hybridized carbons (Fsp3) is 0.273. The molecule has 0 aliphatic rings. The van der Waals surface area contributed by atoms with Gasteiger partial charge in [0.2, 0.25) is 0 Å². The van der Waals surface area contributed by atoms with E-state index < -0.39 is 6.09 Å². The number of hydrogen-bond acceptors (Lipinski definition) is 3. The van der Waals surface area contributed by atoms with Crippen molar-refractivity contribution in [1.82, 2.24) is 5.32 Å². The first-order valence-electron chi connectivity index (χ1n) is 4.95. The Hall–Kier alpha value is -1.62. The standard InChI is InChI=1S/C11H13NO3S/c1-2-6-10(16-14)12-11(13)15-9-7-4-3-5-8-9/h3-5,7-8H,2,6H2,1H3,(H,12,13). The topological polar surface area (TPSA) is 55.4 Å². The molecule has 0 fully saturated rings. The molecule has 1 aromatic rings. The molecule has 0 spiro atoms. The predicted octanol–water partition coefficient (Wildman–Crippen LogP) is 1.92. The number of hydrogen-bond donors (Lipinski definition) is 1. The van der Waals surface area contributed by atoms with Crippen molar-refractivity contribution in [2.45, 2.75) is 19.8 Å². The van der Waals surface area contributed by atoms with Crippen LogP contribution in [0.25, 0.3) is 0 Å². The van der Waals surface area contributed by atoms with E-state index in [1.165, 1.54) is 0 Å². The van der Waals surface area contributed by atoms with Gasteiger partial charge in [-0.15, -0.1) is 0 Å². The Bertz CT molecular complexity index is 399. The van der Waals surface area contributed by atoms with E-state index in [4.69, 9.17) is 4.74 Å². The Labute approximate surface area is 97.7 Å². The number of carbonyl (C=O) groups is 1. The molecule has 0 aromatic heterocycles. The highest BCUT2D eigenvalue weighted by Crippen LogP contribution is 2.08. The Morgan fingerprint density at radius 1 is 1.38 bits per heavy atom. The number of nitrogens with one attached hydrogen (secondary N) is 1. The van der Waals surface area contributed by atoms with Gasteiger partial charge in [0, 0.05) is 6.42 Å². The van der Waals surface area contributed by atoms with Gasteiger partial charge in [-0.3, -0.25) is 5.32 Å². The molecule has 0 heterocycles. The highest BCUT2D eigenvalue weighted by Gasteiger charge is 2.06. The van der Waals surface area contributed by atoms with Crippen molar-refractivity contribution >= 4 is 22.3 Å².